The summed E-state index contributed by atoms with van der Waals surface area (Å²) in [4.78, 5) is 22.3. The van der Waals surface area contributed by atoms with Crippen molar-refractivity contribution in [3.8, 4) is 5.75 Å². The average molecular weight is 252 g/mol. The Morgan fingerprint density at radius 1 is 1.22 bits per heavy atom. The topological polar surface area (TPSA) is 72.8 Å². The summed E-state index contributed by atoms with van der Waals surface area (Å²) in [5.41, 5.74) is 0.606. The van der Waals surface area contributed by atoms with E-state index >= 15 is 0 Å². The second-order valence-electron chi connectivity index (χ2n) is 3.78. The first-order valence-electron chi connectivity index (χ1n) is 5.47. The van der Waals surface area contributed by atoms with Gasteiger partial charge < -0.3 is 14.6 Å². The lowest BCUT2D eigenvalue weighted by molar-refractivity contribution is -0.143. The van der Waals surface area contributed by atoms with Gasteiger partial charge in [-0.15, -0.1) is 0 Å². The van der Waals surface area contributed by atoms with Crippen LogP contribution in [0.15, 0.2) is 24.3 Å². The van der Waals surface area contributed by atoms with Crippen LogP contribution >= 0.6 is 0 Å². The monoisotopic (exact) mass is 252 g/mol. The van der Waals surface area contributed by atoms with Gasteiger partial charge in [0.2, 0.25) is 0 Å². The molecule has 0 saturated carbocycles. The van der Waals surface area contributed by atoms with Crippen molar-refractivity contribution >= 4 is 11.8 Å². The van der Waals surface area contributed by atoms with Crippen LogP contribution in [0.1, 0.15) is 24.5 Å². The molecule has 0 radical (unpaired) electrons. The highest BCUT2D eigenvalue weighted by Gasteiger charge is 2.16. The quantitative estimate of drug-likeness (QED) is 0.609. The number of carbonyl (C=O) groups is 2. The Labute approximate surface area is 105 Å². The molecule has 1 atom stereocenters. The molecular formula is C13H16O5. The number of rotatable bonds is 6. The summed E-state index contributed by atoms with van der Waals surface area (Å²) >= 11 is 0. The second kappa shape index (κ2) is 6.76. The summed E-state index contributed by atoms with van der Waals surface area (Å²) in [6.45, 7) is 0. The van der Waals surface area contributed by atoms with Gasteiger partial charge in [-0.1, -0.05) is 12.1 Å². The van der Waals surface area contributed by atoms with Gasteiger partial charge in [-0.3, -0.25) is 9.59 Å². The Kier molecular flexibility index (Phi) is 5.32. The van der Waals surface area contributed by atoms with Gasteiger partial charge in [0.15, 0.2) is 0 Å². The van der Waals surface area contributed by atoms with E-state index in [-0.39, 0.29) is 18.6 Å². The maximum absolute atomic E-state index is 11.4. The molecular weight excluding hydrogens is 236 g/mol. The Bertz CT molecular complexity index is 410. The van der Waals surface area contributed by atoms with E-state index in [1.54, 1.807) is 31.4 Å². The molecule has 0 aliphatic rings. The number of benzene rings is 1. The number of ketones is 1. The molecule has 0 unspecified atom stereocenters. The Morgan fingerprint density at radius 2 is 1.83 bits per heavy atom. The number of aliphatic hydroxyl groups excluding tert-OH is 1. The average Bonchev–Trinajstić information content (AvgIpc) is 2.38. The van der Waals surface area contributed by atoms with Crippen LogP contribution in [0.3, 0.4) is 0 Å². The lowest BCUT2D eigenvalue weighted by Gasteiger charge is -2.10. The van der Waals surface area contributed by atoms with Gasteiger partial charge in [0.25, 0.3) is 0 Å². The normalized spacial score (nSPS) is 11.7. The zero-order valence-corrected chi connectivity index (χ0v) is 10.4. The van der Waals surface area contributed by atoms with E-state index in [4.69, 9.17) is 4.74 Å². The molecule has 0 heterocycles. The zero-order chi connectivity index (χ0) is 13.5. The summed E-state index contributed by atoms with van der Waals surface area (Å²) in [5.74, 6) is -0.279. The highest BCUT2D eigenvalue weighted by atomic mass is 16.5. The molecule has 1 aromatic rings. The van der Waals surface area contributed by atoms with Crippen molar-refractivity contribution in [2.45, 2.75) is 18.9 Å². The van der Waals surface area contributed by atoms with E-state index in [9.17, 15) is 14.7 Å². The van der Waals surface area contributed by atoms with Crippen molar-refractivity contribution in [2.24, 2.45) is 0 Å². The Balaban J connectivity index is 2.56. The first kappa shape index (κ1) is 14.2. The van der Waals surface area contributed by atoms with Crippen molar-refractivity contribution in [3.05, 3.63) is 29.8 Å². The summed E-state index contributed by atoms with van der Waals surface area (Å²) in [5, 5.41) is 9.83. The molecule has 18 heavy (non-hydrogen) atoms. The molecule has 0 amide bonds. The molecule has 0 aliphatic heterocycles. The van der Waals surface area contributed by atoms with E-state index in [1.165, 1.54) is 7.11 Å². The number of ether oxygens (including phenoxy) is 2. The third-order valence-electron chi connectivity index (χ3n) is 2.49. The van der Waals surface area contributed by atoms with Crippen LogP contribution in [0, 0.1) is 0 Å². The predicted octanol–water partition coefficient (Wildman–Crippen LogP) is 1.25. The van der Waals surface area contributed by atoms with Crippen LogP contribution in [-0.4, -0.2) is 31.1 Å². The molecule has 1 N–H and O–H groups in total. The lowest BCUT2D eigenvalue weighted by Crippen LogP contribution is -2.12. The summed E-state index contributed by atoms with van der Waals surface area (Å²) in [7, 11) is 2.76. The smallest absolute Gasteiger partial charge is 0.313 e. The van der Waals surface area contributed by atoms with Gasteiger partial charge in [0.05, 0.1) is 20.3 Å². The first-order chi connectivity index (χ1) is 8.56. The lowest BCUT2D eigenvalue weighted by atomic mass is 10.0. The SMILES string of the molecule is COC(=O)CC(=O)C[C@@H](O)c1ccc(OC)cc1. The molecule has 0 bridgehead atoms. The molecule has 5 nitrogen and oxygen atoms in total. The highest BCUT2D eigenvalue weighted by molar-refractivity contribution is 5.95. The fourth-order valence-electron chi connectivity index (χ4n) is 1.46. The molecule has 5 heteroatoms. The third kappa shape index (κ3) is 4.18. The van der Waals surface area contributed by atoms with E-state index in [2.05, 4.69) is 4.74 Å². The molecule has 98 valence electrons. The summed E-state index contributed by atoms with van der Waals surface area (Å²) < 4.78 is 9.37. The molecule has 1 aromatic carbocycles. The maximum atomic E-state index is 11.4. The fraction of sp³-hybridized carbons (Fsp3) is 0.385. The van der Waals surface area contributed by atoms with Gasteiger partial charge in [-0.25, -0.2) is 0 Å². The number of hydrogen-bond acceptors (Lipinski definition) is 5. The standard InChI is InChI=1S/C13H16O5/c1-17-11-5-3-9(4-6-11)12(15)7-10(14)8-13(16)18-2/h3-6,12,15H,7-8H2,1-2H3/t12-/m1/s1. The summed E-state index contributed by atoms with van der Waals surface area (Å²) in [6, 6.07) is 6.75. The van der Waals surface area contributed by atoms with E-state index < -0.39 is 12.1 Å². The molecule has 1 rings (SSSR count). The van der Waals surface area contributed by atoms with Gasteiger partial charge in [0.1, 0.15) is 18.0 Å². The first-order valence-corrected chi connectivity index (χ1v) is 5.47. The van der Waals surface area contributed by atoms with Crippen LogP contribution in [0.4, 0.5) is 0 Å². The van der Waals surface area contributed by atoms with Crippen LogP contribution < -0.4 is 4.74 Å². The van der Waals surface area contributed by atoms with Crippen LogP contribution in [0.2, 0.25) is 0 Å². The summed E-state index contributed by atoms with van der Waals surface area (Å²) in [6.07, 6.45) is -1.35. The second-order valence-corrected chi connectivity index (χ2v) is 3.78. The van der Waals surface area contributed by atoms with Crippen LogP contribution in [0.5, 0.6) is 5.75 Å². The molecule has 0 aliphatic carbocycles. The molecule has 0 aromatic heterocycles. The largest absolute Gasteiger partial charge is 0.497 e. The van der Waals surface area contributed by atoms with Gasteiger partial charge >= 0.3 is 5.97 Å². The van der Waals surface area contributed by atoms with E-state index in [0.29, 0.717) is 11.3 Å². The maximum Gasteiger partial charge on any atom is 0.313 e. The Morgan fingerprint density at radius 3 is 2.33 bits per heavy atom. The third-order valence-corrected chi connectivity index (χ3v) is 2.49. The van der Waals surface area contributed by atoms with Crippen molar-refractivity contribution in [3.63, 3.8) is 0 Å². The number of carbonyl (C=O) groups excluding carboxylic acids is 2. The minimum Gasteiger partial charge on any atom is -0.497 e. The number of aliphatic hydroxyl groups is 1. The van der Waals surface area contributed by atoms with Gasteiger partial charge in [0, 0.05) is 6.42 Å². The fourth-order valence-corrected chi connectivity index (χ4v) is 1.46. The minimum atomic E-state index is -0.923. The molecule has 0 spiro atoms. The number of methoxy groups -OCH3 is 2. The predicted molar refractivity (Wildman–Crippen MR) is 64.2 cm³/mol. The molecule has 0 saturated heterocycles. The Hall–Kier alpha value is -1.88. The van der Waals surface area contributed by atoms with Crippen molar-refractivity contribution in [2.75, 3.05) is 14.2 Å². The van der Waals surface area contributed by atoms with Crippen molar-refractivity contribution in [1.29, 1.82) is 0 Å². The van der Waals surface area contributed by atoms with Crippen LogP contribution in [0.25, 0.3) is 0 Å². The number of Topliss-reactive ketones (excluding diaryl/α,β-unsaturated/α-hetero) is 1. The van der Waals surface area contributed by atoms with E-state index in [0.717, 1.165) is 0 Å². The van der Waals surface area contributed by atoms with E-state index in [1.807, 2.05) is 0 Å². The van der Waals surface area contributed by atoms with Gasteiger partial charge in [-0.05, 0) is 17.7 Å². The molecule has 0 fully saturated rings. The minimum absolute atomic E-state index is 0.110. The number of hydrogen-bond donors (Lipinski definition) is 1. The van der Waals surface area contributed by atoms with Crippen LogP contribution in [-0.2, 0) is 14.3 Å². The van der Waals surface area contributed by atoms with Crippen molar-refractivity contribution < 1.29 is 24.2 Å². The zero-order valence-electron chi connectivity index (χ0n) is 10.4. The van der Waals surface area contributed by atoms with Gasteiger partial charge in [-0.2, -0.15) is 0 Å². The van der Waals surface area contributed by atoms with Crippen molar-refractivity contribution in [1.82, 2.24) is 0 Å². The highest BCUT2D eigenvalue weighted by Crippen LogP contribution is 2.20. The number of esters is 1.